The fourth-order valence-electron chi connectivity index (χ4n) is 4.94. The molecule has 180 valence electrons. The highest BCUT2D eigenvalue weighted by molar-refractivity contribution is 5.94. The first-order valence-electron chi connectivity index (χ1n) is 12.1. The summed E-state index contributed by atoms with van der Waals surface area (Å²) in [6.07, 6.45) is 4.48. The number of halogens is 2. The molecule has 0 spiro atoms. The smallest absolute Gasteiger partial charge is 0.270 e. The van der Waals surface area contributed by atoms with E-state index >= 15 is 0 Å². The minimum absolute atomic E-state index is 0.0905. The summed E-state index contributed by atoms with van der Waals surface area (Å²) in [6.45, 7) is 4.71. The van der Waals surface area contributed by atoms with Crippen LogP contribution in [0.15, 0.2) is 24.3 Å². The largest absolute Gasteiger partial charge is 0.347 e. The molecule has 0 saturated heterocycles. The highest BCUT2D eigenvalue weighted by Gasteiger charge is 2.37. The zero-order chi connectivity index (χ0) is 23.9. The Hall–Kier alpha value is -3.10. The van der Waals surface area contributed by atoms with Crippen LogP contribution in [-0.4, -0.2) is 36.1 Å². The van der Waals surface area contributed by atoms with Crippen molar-refractivity contribution in [3.05, 3.63) is 52.9 Å². The lowest BCUT2D eigenvalue weighted by Crippen LogP contribution is -2.32. The van der Waals surface area contributed by atoms with Crippen LogP contribution in [0.25, 0.3) is 11.4 Å². The molecule has 0 fully saturated rings. The van der Waals surface area contributed by atoms with Gasteiger partial charge in [-0.3, -0.25) is 4.79 Å². The number of amides is 1. The summed E-state index contributed by atoms with van der Waals surface area (Å²) in [5, 5.41) is 7.55. The number of carbonyl (C=O) groups is 1. The number of nitrogens with one attached hydrogen (secondary N) is 1. The topological polar surface area (TPSA) is 77.6 Å². The van der Waals surface area contributed by atoms with Crippen LogP contribution >= 0.6 is 0 Å². The molecule has 0 aliphatic carbocycles. The van der Waals surface area contributed by atoms with E-state index in [-0.39, 0.29) is 12.3 Å². The number of aromatic nitrogens is 5. The van der Waals surface area contributed by atoms with Gasteiger partial charge in [0, 0.05) is 44.0 Å². The van der Waals surface area contributed by atoms with Crippen molar-refractivity contribution in [3.63, 3.8) is 0 Å². The molecular weight excluding hydrogens is 438 g/mol. The second-order valence-electron chi connectivity index (χ2n) is 9.39. The van der Waals surface area contributed by atoms with Gasteiger partial charge in [0.05, 0.1) is 5.69 Å². The van der Waals surface area contributed by atoms with Crippen molar-refractivity contribution in [1.29, 1.82) is 0 Å². The number of benzene rings is 1. The van der Waals surface area contributed by atoms with Crippen LogP contribution < -0.4 is 5.32 Å². The first-order valence-corrected chi connectivity index (χ1v) is 12.1. The predicted molar refractivity (Wildman–Crippen MR) is 124 cm³/mol. The molecular formula is C25H30F2N6O. The van der Waals surface area contributed by atoms with Gasteiger partial charge in [-0.1, -0.05) is 31.2 Å². The zero-order valence-electron chi connectivity index (χ0n) is 19.7. The average molecular weight is 469 g/mol. The summed E-state index contributed by atoms with van der Waals surface area (Å²) in [6, 6.07) is 7.69. The van der Waals surface area contributed by atoms with Crippen LogP contribution in [0.3, 0.4) is 0 Å². The van der Waals surface area contributed by atoms with E-state index in [1.807, 2.05) is 31.2 Å². The SMILES string of the molecule is CCc1nc2n(c1C(=O)NCc1ccc(-c3nc4n(n3)CCC(C(C)(F)F)C4)cc1)CCCC2. The summed E-state index contributed by atoms with van der Waals surface area (Å²) in [7, 11) is 0. The third-order valence-electron chi connectivity index (χ3n) is 6.95. The molecule has 34 heavy (non-hydrogen) atoms. The van der Waals surface area contributed by atoms with Crippen molar-refractivity contribution in [2.75, 3.05) is 0 Å². The molecule has 0 bridgehead atoms. The number of hydrogen-bond acceptors (Lipinski definition) is 4. The molecule has 3 aromatic rings. The molecule has 1 unspecified atom stereocenters. The maximum atomic E-state index is 13.7. The average Bonchev–Trinajstić information content (AvgIpc) is 3.43. The minimum atomic E-state index is -2.71. The lowest BCUT2D eigenvalue weighted by Gasteiger charge is -2.26. The molecule has 4 heterocycles. The normalized spacial score (nSPS) is 17.8. The van der Waals surface area contributed by atoms with Crippen molar-refractivity contribution in [3.8, 4) is 11.4 Å². The molecule has 7 nitrogen and oxygen atoms in total. The zero-order valence-corrected chi connectivity index (χ0v) is 19.7. The third-order valence-corrected chi connectivity index (χ3v) is 6.95. The molecule has 1 N–H and O–H groups in total. The van der Waals surface area contributed by atoms with Crippen LogP contribution in [0.4, 0.5) is 8.78 Å². The summed E-state index contributed by atoms with van der Waals surface area (Å²) in [4.78, 5) is 22.2. The summed E-state index contributed by atoms with van der Waals surface area (Å²) in [5.41, 5.74) is 3.35. The maximum absolute atomic E-state index is 13.7. The molecule has 1 atom stereocenters. The van der Waals surface area contributed by atoms with Gasteiger partial charge in [0.15, 0.2) is 5.82 Å². The molecule has 0 saturated carbocycles. The first-order chi connectivity index (χ1) is 16.3. The second-order valence-corrected chi connectivity index (χ2v) is 9.39. The number of rotatable bonds is 6. The number of carbonyl (C=O) groups excluding carboxylic acids is 1. The number of imidazole rings is 1. The molecule has 0 radical (unpaired) electrons. The molecule has 1 amide bonds. The van der Waals surface area contributed by atoms with Crippen LogP contribution in [0.5, 0.6) is 0 Å². The van der Waals surface area contributed by atoms with Gasteiger partial charge >= 0.3 is 0 Å². The van der Waals surface area contributed by atoms with Gasteiger partial charge in [0.25, 0.3) is 5.91 Å². The Morgan fingerprint density at radius 3 is 2.68 bits per heavy atom. The Balaban J connectivity index is 1.25. The van der Waals surface area contributed by atoms with Gasteiger partial charge in [-0.05, 0) is 38.2 Å². The number of fused-ring (bicyclic) bond motifs is 2. The van der Waals surface area contributed by atoms with Gasteiger partial charge in [-0.25, -0.2) is 23.4 Å². The summed E-state index contributed by atoms with van der Waals surface area (Å²) < 4.78 is 31.3. The minimum Gasteiger partial charge on any atom is -0.347 e. The molecule has 5 rings (SSSR count). The monoisotopic (exact) mass is 468 g/mol. The Morgan fingerprint density at radius 2 is 1.94 bits per heavy atom. The van der Waals surface area contributed by atoms with E-state index in [0.717, 1.165) is 61.8 Å². The van der Waals surface area contributed by atoms with Gasteiger partial charge in [0.2, 0.25) is 5.92 Å². The third kappa shape index (κ3) is 4.35. The van der Waals surface area contributed by atoms with Crippen LogP contribution in [0, 0.1) is 5.92 Å². The fourth-order valence-corrected chi connectivity index (χ4v) is 4.94. The molecule has 2 aliphatic heterocycles. The Bertz CT molecular complexity index is 1190. The number of alkyl halides is 2. The first kappa shape index (κ1) is 22.7. The highest BCUT2D eigenvalue weighted by atomic mass is 19.3. The maximum Gasteiger partial charge on any atom is 0.270 e. The standard InChI is InChI=1S/C25H30F2N6O/c1-3-19-22(32-12-5-4-6-20(32)29-19)24(34)28-15-16-7-9-17(10-8-16)23-30-21-14-18(25(2,26)27)11-13-33(21)31-23/h7-10,18H,3-6,11-15H2,1-2H3,(H,28,34). The van der Waals surface area contributed by atoms with Gasteiger partial charge in [-0.15, -0.1) is 0 Å². The lowest BCUT2D eigenvalue weighted by atomic mass is 9.92. The number of aryl methyl sites for hydroxylation is 3. The molecule has 9 heteroatoms. The van der Waals surface area contributed by atoms with Crippen molar-refractivity contribution in [2.24, 2.45) is 5.92 Å². The Morgan fingerprint density at radius 1 is 1.15 bits per heavy atom. The van der Waals surface area contributed by atoms with Gasteiger partial charge in [0.1, 0.15) is 17.3 Å². The van der Waals surface area contributed by atoms with Crippen LogP contribution in [-0.2, 0) is 38.9 Å². The summed E-state index contributed by atoms with van der Waals surface area (Å²) in [5.74, 6) is -1.33. The Labute approximate surface area is 197 Å². The van der Waals surface area contributed by atoms with Crippen LogP contribution in [0.2, 0.25) is 0 Å². The van der Waals surface area contributed by atoms with E-state index < -0.39 is 11.8 Å². The highest BCUT2D eigenvalue weighted by Crippen LogP contribution is 2.33. The van der Waals surface area contributed by atoms with Crippen molar-refractivity contribution in [1.82, 2.24) is 29.6 Å². The second kappa shape index (κ2) is 8.92. The van der Waals surface area contributed by atoms with Crippen LogP contribution in [0.1, 0.15) is 66.5 Å². The number of nitrogens with zero attached hydrogens (tertiary/aromatic N) is 5. The van der Waals surface area contributed by atoms with E-state index in [1.54, 1.807) is 4.68 Å². The van der Waals surface area contributed by atoms with Gasteiger partial charge in [-0.2, -0.15) is 5.10 Å². The van der Waals surface area contributed by atoms with E-state index in [4.69, 9.17) is 0 Å². The molecule has 1 aromatic carbocycles. The lowest BCUT2D eigenvalue weighted by molar-refractivity contribution is -0.0495. The van der Waals surface area contributed by atoms with Crippen molar-refractivity contribution in [2.45, 2.75) is 77.9 Å². The fraction of sp³-hybridized carbons (Fsp3) is 0.520. The molecule has 2 aromatic heterocycles. The van der Waals surface area contributed by atoms with Crippen molar-refractivity contribution < 1.29 is 13.6 Å². The van der Waals surface area contributed by atoms with Crippen molar-refractivity contribution >= 4 is 5.91 Å². The van der Waals surface area contributed by atoms with E-state index in [2.05, 4.69) is 25.0 Å². The van der Waals surface area contributed by atoms with E-state index in [0.29, 0.717) is 36.9 Å². The number of hydrogen-bond donors (Lipinski definition) is 1. The quantitative estimate of drug-likeness (QED) is 0.589. The predicted octanol–water partition coefficient (Wildman–Crippen LogP) is 4.19. The van der Waals surface area contributed by atoms with E-state index in [9.17, 15) is 13.6 Å². The van der Waals surface area contributed by atoms with E-state index in [1.165, 1.54) is 0 Å². The van der Waals surface area contributed by atoms with Gasteiger partial charge < -0.3 is 9.88 Å². The Kier molecular flexibility index (Phi) is 5.95. The molecule has 2 aliphatic rings. The summed E-state index contributed by atoms with van der Waals surface area (Å²) >= 11 is 0.